The molecule has 0 unspecified atom stereocenters. The van der Waals surface area contributed by atoms with Gasteiger partial charge in [0.15, 0.2) is 0 Å². The fourth-order valence-electron chi connectivity index (χ4n) is 1.62. The number of carboxylic acid groups (broad SMARTS) is 1. The second-order valence-corrected chi connectivity index (χ2v) is 4.69. The monoisotopic (exact) mass is 305 g/mol. The normalized spacial score (nSPS) is 10.1. The molecule has 3 nitrogen and oxygen atoms in total. The highest BCUT2D eigenvalue weighted by Gasteiger charge is 2.03. The third-order valence-corrected chi connectivity index (χ3v) is 3.22. The summed E-state index contributed by atoms with van der Waals surface area (Å²) in [5.41, 5.74) is 2.23. The van der Waals surface area contributed by atoms with Gasteiger partial charge in [-0.25, -0.2) is 4.79 Å². The lowest BCUT2D eigenvalue weighted by Gasteiger charge is -2.08. The summed E-state index contributed by atoms with van der Waals surface area (Å²) in [6, 6.07) is 14.7. The molecule has 4 heteroatoms. The summed E-state index contributed by atoms with van der Waals surface area (Å²) >= 11 is 3.45. The van der Waals surface area contributed by atoms with E-state index in [-0.39, 0.29) is 0 Å². The summed E-state index contributed by atoms with van der Waals surface area (Å²) in [7, 11) is 0. The van der Waals surface area contributed by atoms with Crippen LogP contribution >= 0.6 is 15.9 Å². The van der Waals surface area contributed by atoms with Crippen LogP contribution in [-0.4, -0.2) is 11.1 Å². The molecule has 2 N–H and O–H groups in total. The Morgan fingerprint density at radius 3 is 2.67 bits per heavy atom. The highest BCUT2D eigenvalue weighted by molar-refractivity contribution is 9.10. The van der Waals surface area contributed by atoms with Crippen LogP contribution < -0.4 is 5.32 Å². The Hall–Kier alpha value is -1.81. The summed E-state index contributed by atoms with van der Waals surface area (Å²) in [5, 5.41) is 12.2. The minimum atomic E-state index is -0.905. The van der Waals surface area contributed by atoms with Gasteiger partial charge in [-0.05, 0) is 45.8 Å². The van der Waals surface area contributed by atoms with E-state index in [0.717, 1.165) is 15.7 Å². The SMILES string of the molecule is O=C(O)c1cccc(CNc2ccccc2Br)c1. The Balaban J connectivity index is 2.09. The molecule has 0 spiro atoms. The molecule has 0 bridgehead atoms. The Morgan fingerprint density at radius 2 is 1.94 bits per heavy atom. The van der Waals surface area contributed by atoms with E-state index in [9.17, 15) is 4.79 Å². The van der Waals surface area contributed by atoms with Gasteiger partial charge in [-0.1, -0.05) is 24.3 Å². The van der Waals surface area contributed by atoms with Crippen molar-refractivity contribution in [1.29, 1.82) is 0 Å². The number of nitrogens with one attached hydrogen (secondary N) is 1. The molecule has 0 saturated heterocycles. The fourth-order valence-corrected chi connectivity index (χ4v) is 2.04. The third kappa shape index (κ3) is 3.11. The van der Waals surface area contributed by atoms with E-state index in [1.165, 1.54) is 0 Å². The Morgan fingerprint density at radius 1 is 1.17 bits per heavy atom. The highest BCUT2D eigenvalue weighted by atomic mass is 79.9. The average Bonchev–Trinajstić information content (AvgIpc) is 2.38. The maximum atomic E-state index is 10.9. The van der Waals surface area contributed by atoms with Crippen molar-refractivity contribution in [2.75, 3.05) is 5.32 Å². The largest absolute Gasteiger partial charge is 0.478 e. The summed E-state index contributed by atoms with van der Waals surface area (Å²) < 4.78 is 0.986. The fraction of sp³-hybridized carbons (Fsp3) is 0.0714. The van der Waals surface area contributed by atoms with Crippen LogP contribution in [0, 0.1) is 0 Å². The number of hydrogen-bond donors (Lipinski definition) is 2. The second-order valence-electron chi connectivity index (χ2n) is 3.84. The van der Waals surface area contributed by atoms with E-state index >= 15 is 0 Å². The van der Waals surface area contributed by atoms with Gasteiger partial charge in [0, 0.05) is 16.7 Å². The zero-order valence-electron chi connectivity index (χ0n) is 9.56. The number of hydrogen-bond acceptors (Lipinski definition) is 2. The number of carboxylic acids is 1. The van der Waals surface area contributed by atoms with Gasteiger partial charge in [0.1, 0.15) is 0 Å². The first kappa shape index (κ1) is 12.6. The maximum absolute atomic E-state index is 10.9. The summed E-state index contributed by atoms with van der Waals surface area (Å²) in [6.45, 7) is 0.587. The zero-order valence-corrected chi connectivity index (χ0v) is 11.1. The van der Waals surface area contributed by atoms with Crippen molar-refractivity contribution >= 4 is 27.6 Å². The Labute approximate surface area is 114 Å². The lowest BCUT2D eigenvalue weighted by molar-refractivity contribution is 0.0697. The molecule has 0 fully saturated rings. The van der Waals surface area contributed by atoms with E-state index in [2.05, 4.69) is 21.2 Å². The average molecular weight is 306 g/mol. The summed E-state index contributed by atoms with van der Waals surface area (Å²) in [6.07, 6.45) is 0. The molecule has 0 aliphatic rings. The van der Waals surface area contributed by atoms with Gasteiger partial charge in [0.05, 0.1) is 5.56 Å². The van der Waals surface area contributed by atoms with Crippen LogP contribution in [0.5, 0.6) is 0 Å². The first-order valence-corrected chi connectivity index (χ1v) is 6.27. The molecule has 0 heterocycles. The van der Waals surface area contributed by atoms with Gasteiger partial charge in [0.2, 0.25) is 0 Å². The van der Waals surface area contributed by atoms with Crippen molar-refractivity contribution in [2.45, 2.75) is 6.54 Å². The van der Waals surface area contributed by atoms with Crippen LogP contribution in [0.15, 0.2) is 53.0 Å². The molecule has 0 atom stereocenters. The molecular weight excluding hydrogens is 294 g/mol. The molecule has 0 saturated carbocycles. The molecular formula is C14H12BrNO2. The van der Waals surface area contributed by atoms with Crippen LogP contribution in [0.4, 0.5) is 5.69 Å². The quantitative estimate of drug-likeness (QED) is 0.904. The van der Waals surface area contributed by atoms with Gasteiger partial charge in [-0.15, -0.1) is 0 Å². The van der Waals surface area contributed by atoms with Crippen molar-refractivity contribution in [1.82, 2.24) is 0 Å². The van der Waals surface area contributed by atoms with Crippen molar-refractivity contribution in [2.24, 2.45) is 0 Å². The van der Waals surface area contributed by atoms with Crippen molar-refractivity contribution < 1.29 is 9.90 Å². The second kappa shape index (κ2) is 5.69. The van der Waals surface area contributed by atoms with Crippen LogP contribution in [0.3, 0.4) is 0 Å². The van der Waals surface area contributed by atoms with E-state index in [1.54, 1.807) is 18.2 Å². The maximum Gasteiger partial charge on any atom is 0.335 e. The lowest BCUT2D eigenvalue weighted by atomic mass is 10.1. The zero-order chi connectivity index (χ0) is 13.0. The summed E-state index contributed by atoms with van der Waals surface area (Å²) in [5.74, 6) is -0.905. The number of rotatable bonds is 4. The number of halogens is 1. The standard InChI is InChI=1S/C14H12BrNO2/c15-12-6-1-2-7-13(12)16-9-10-4-3-5-11(8-10)14(17)18/h1-8,16H,9H2,(H,17,18). The van der Waals surface area contributed by atoms with Gasteiger partial charge in [0.25, 0.3) is 0 Å². The molecule has 2 aromatic rings. The molecule has 0 radical (unpaired) electrons. The first-order valence-electron chi connectivity index (χ1n) is 5.47. The van der Waals surface area contributed by atoms with Gasteiger partial charge >= 0.3 is 5.97 Å². The Kier molecular flexibility index (Phi) is 3.99. The van der Waals surface area contributed by atoms with E-state index in [0.29, 0.717) is 12.1 Å². The smallest absolute Gasteiger partial charge is 0.335 e. The molecule has 0 aromatic heterocycles. The minimum Gasteiger partial charge on any atom is -0.478 e. The Bertz CT molecular complexity index is 569. The topological polar surface area (TPSA) is 49.3 Å². The number of para-hydroxylation sites is 1. The lowest BCUT2D eigenvalue weighted by Crippen LogP contribution is -2.02. The van der Waals surface area contributed by atoms with Crippen LogP contribution in [0.25, 0.3) is 0 Å². The molecule has 18 heavy (non-hydrogen) atoms. The van der Waals surface area contributed by atoms with Crippen LogP contribution in [-0.2, 0) is 6.54 Å². The molecule has 0 aliphatic carbocycles. The van der Waals surface area contributed by atoms with Crippen molar-refractivity contribution in [3.8, 4) is 0 Å². The number of aromatic carboxylic acids is 1. The van der Waals surface area contributed by atoms with Crippen LogP contribution in [0.1, 0.15) is 15.9 Å². The van der Waals surface area contributed by atoms with Crippen molar-refractivity contribution in [3.63, 3.8) is 0 Å². The van der Waals surface area contributed by atoms with Gasteiger partial charge in [-0.2, -0.15) is 0 Å². The minimum absolute atomic E-state index is 0.307. The predicted octanol–water partition coefficient (Wildman–Crippen LogP) is 3.76. The van der Waals surface area contributed by atoms with Crippen molar-refractivity contribution in [3.05, 3.63) is 64.1 Å². The number of anilines is 1. The van der Waals surface area contributed by atoms with Gasteiger partial charge in [-0.3, -0.25) is 0 Å². The number of benzene rings is 2. The molecule has 92 valence electrons. The number of carbonyl (C=O) groups is 1. The summed E-state index contributed by atoms with van der Waals surface area (Å²) in [4.78, 5) is 10.9. The van der Waals surface area contributed by atoms with E-state index < -0.39 is 5.97 Å². The molecule has 0 amide bonds. The van der Waals surface area contributed by atoms with Crippen LogP contribution in [0.2, 0.25) is 0 Å². The molecule has 2 rings (SSSR count). The first-order chi connectivity index (χ1) is 8.66. The van der Waals surface area contributed by atoms with Gasteiger partial charge < -0.3 is 10.4 Å². The molecule has 0 aliphatic heterocycles. The van der Waals surface area contributed by atoms with E-state index in [4.69, 9.17) is 5.11 Å². The third-order valence-electron chi connectivity index (χ3n) is 2.53. The van der Waals surface area contributed by atoms with E-state index in [1.807, 2.05) is 30.3 Å². The highest BCUT2D eigenvalue weighted by Crippen LogP contribution is 2.21. The molecule has 2 aromatic carbocycles. The predicted molar refractivity (Wildman–Crippen MR) is 74.9 cm³/mol.